The predicted octanol–water partition coefficient (Wildman–Crippen LogP) is 10.4. The zero-order valence-electron chi connectivity index (χ0n) is 37.5. The van der Waals surface area contributed by atoms with Crippen molar-refractivity contribution in [3.63, 3.8) is 0 Å². The lowest BCUT2D eigenvalue weighted by atomic mass is 9.55. The first-order valence-corrected chi connectivity index (χ1v) is 23.5. The molecule has 4 aromatic rings. The average molecular weight is 891 g/mol. The van der Waals surface area contributed by atoms with Crippen LogP contribution in [0.15, 0.2) is 114 Å². The Balaban J connectivity index is 1.33. The Kier molecular flexibility index (Phi) is 15.5. The van der Waals surface area contributed by atoms with Crippen molar-refractivity contribution in [1.29, 1.82) is 0 Å². The Morgan fingerprint density at radius 3 is 2.54 bits per heavy atom. The van der Waals surface area contributed by atoms with Gasteiger partial charge < -0.3 is 38.7 Å². The van der Waals surface area contributed by atoms with Gasteiger partial charge in [-0.2, -0.15) is 0 Å². The third-order valence-electron chi connectivity index (χ3n) is 13.5. The summed E-state index contributed by atoms with van der Waals surface area (Å²) >= 11 is 0. The van der Waals surface area contributed by atoms with Crippen LogP contribution < -0.4 is 9.47 Å². The highest BCUT2D eigenvalue weighted by molar-refractivity contribution is 6.03. The summed E-state index contributed by atoms with van der Waals surface area (Å²) in [7, 11) is 0. The van der Waals surface area contributed by atoms with Crippen LogP contribution in [-0.2, 0) is 32.2 Å². The number of benzene rings is 4. The van der Waals surface area contributed by atoms with E-state index in [4.69, 9.17) is 33.7 Å². The standard InChI is InChI=1S/C53H63FN2O9/c1-3-29-63-53-48(56(52(59)60-4-2)34-38-20-15-19-36-16-5-7-21-41(36)38)33-46(55-65-49-24-11-14-30-61-49)43-31-37(17-9-12-27-57)42(22-10-13-28-58)50(51(43)53)44-32-40(25-26-47(44)64-53)62-35-39-18-6-8-23-45(39)54/h3,5-8,15-16,18-21,23,25-26,31-32,37,42,48-51,57-58H,1,4,9-14,17,22,24,27-30,33-35H2,2H3. The molecule has 0 radical (unpaired) electrons. The number of carbonyl (C=O) groups is 1. The summed E-state index contributed by atoms with van der Waals surface area (Å²) < 4.78 is 47.7. The number of allylic oxidation sites excluding steroid dienone is 1. The fraction of sp³-hybridized carbons (Fsp3) is 0.472. The molecular weight excluding hydrogens is 828 g/mol. The lowest BCUT2D eigenvalue weighted by Gasteiger charge is -2.60. The second kappa shape index (κ2) is 21.8. The molecule has 1 amide bonds. The molecule has 8 rings (SSSR count). The molecule has 11 nitrogen and oxygen atoms in total. The minimum atomic E-state index is -1.49. The van der Waals surface area contributed by atoms with Gasteiger partial charge in [0, 0.05) is 43.1 Å². The zero-order valence-corrected chi connectivity index (χ0v) is 37.5. The van der Waals surface area contributed by atoms with Crippen LogP contribution in [0, 0.1) is 23.6 Å². The van der Waals surface area contributed by atoms with Gasteiger partial charge in [0.1, 0.15) is 30.0 Å². The molecule has 2 heterocycles. The maximum absolute atomic E-state index is 14.8. The topological polar surface area (TPSA) is 129 Å². The normalized spacial score (nSPS) is 25.2. The van der Waals surface area contributed by atoms with Gasteiger partial charge in [0.05, 0.1) is 38.0 Å². The van der Waals surface area contributed by atoms with Crippen LogP contribution in [-0.4, -0.2) is 78.1 Å². The average Bonchev–Trinajstić information content (AvgIpc) is 3.33. The zero-order chi connectivity index (χ0) is 45.2. The van der Waals surface area contributed by atoms with E-state index in [2.05, 4.69) is 30.9 Å². The van der Waals surface area contributed by atoms with Gasteiger partial charge in [-0.1, -0.05) is 90.8 Å². The molecule has 7 atom stereocenters. The van der Waals surface area contributed by atoms with Gasteiger partial charge in [0.15, 0.2) is 0 Å². The first kappa shape index (κ1) is 46.3. The monoisotopic (exact) mass is 890 g/mol. The number of amides is 1. The molecule has 346 valence electrons. The summed E-state index contributed by atoms with van der Waals surface area (Å²) in [4.78, 5) is 22.8. The number of unbranched alkanes of at least 4 members (excludes halogenated alkanes) is 2. The minimum absolute atomic E-state index is 0.00173. The molecule has 2 aliphatic carbocycles. The van der Waals surface area contributed by atoms with E-state index in [1.54, 1.807) is 36.1 Å². The molecule has 0 spiro atoms. The molecule has 7 unspecified atom stereocenters. The summed E-state index contributed by atoms with van der Waals surface area (Å²) in [6.07, 6.45) is 10.3. The van der Waals surface area contributed by atoms with Gasteiger partial charge in [-0.05, 0) is 103 Å². The molecule has 2 aliphatic heterocycles. The highest BCUT2D eigenvalue weighted by atomic mass is 19.1. The van der Waals surface area contributed by atoms with E-state index >= 15 is 0 Å². The number of aliphatic hydroxyl groups excluding tert-OH is 2. The Hall–Kier alpha value is -5.27. The molecule has 12 heteroatoms. The van der Waals surface area contributed by atoms with E-state index in [1.807, 2.05) is 42.5 Å². The number of nitrogens with zero attached hydrogens (tertiary/aromatic N) is 2. The van der Waals surface area contributed by atoms with Gasteiger partial charge in [0.2, 0.25) is 12.1 Å². The smallest absolute Gasteiger partial charge is 0.410 e. The van der Waals surface area contributed by atoms with Crippen molar-refractivity contribution in [3.05, 3.63) is 132 Å². The van der Waals surface area contributed by atoms with E-state index in [0.29, 0.717) is 48.6 Å². The highest BCUT2D eigenvalue weighted by Gasteiger charge is 2.65. The predicted molar refractivity (Wildman–Crippen MR) is 247 cm³/mol. The van der Waals surface area contributed by atoms with Crippen molar-refractivity contribution >= 4 is 22.6 Å². The van der Waals surface area contributed by atoms with Crippen molar-refractivity contribution in [1.82, 2.24) is 4.90 Å². The summed E-state index contributed by atoms with van der Waals surface area (Å²) in [5.74, 6) is -1.47. The highest BCUT2D eigenvalue weighted by Crippen LogP contribution is 2.62. The summed E-state index contributed by atoms with van der Waals surface area (Å²) in [5, 5.41) is 27.0. The molecule has 1 saturated heterocycles. The first-order chi connectivity index (χ1) is 31.9. The Morgan fingerprint density at radius 2 is 1.75 bits per heavy atom. The van der Waals surface area contributed by atoms with Crippen LogP contribution in [0.25, 0.3) is 10.8 Å². The van der Waals surface area contributed by atoms with Crippen molar-refractivity contribution in [2.24, 2.45) is 22.9 Å². The van der Waals surface area contributed by atoms with Crippen LogP contribution in [0.1, 0.15) is 93.7 Å². The number of hydrogen-bond acceptors (Lipinski definition) is 10. The molecule has 2 N–H and O–H groups in total. The number of rotatable bonds is 20. The minimum Gasteiger partial charge on any atom is -0.489 e. The molecule has 2 fully saturated rings. The molecule has 0 bridgehead atoms. The van der Waals surface area contributed by atoms with Gasteiger partial charge in [-0.15, -0.1) is 6.58 Å². The van der Waals surface area contributed by atoms with Crippen molar-refractivity contribution in [2.75, 3.05) is 33.0 Å². The number of hydrogen-bond donors (Lipinski definition) is 2. The van der Waals surface area contributed by atoms with E-state index in [9.17, 15) is 19.4 Å². The van der Waals surface area contributed by atoms with Crippen LogP contribution in [0.4, 0.5) is 9.18 Å². The maximum atomic E-state index is 14.8. The number of halogens is 1. The first-order valence-electron chi connectivity index (χ1n) is 23.5. The van der Waals surface area contributed by atoms with Crippen molar-refractivity contribution in [2.45, 2.75) is 108 Å². The second-order valence-corrected chi connectivity index (χ2v) is 17.5. The van der Waals surface area contributed by atoms with Crippen LogP contribution in [0.3, 0.4) is 0 Å². The maximum Gasteiger partial charge on any atom is 0.410 e. The molecule has 65 heavy (non-hydrogen) atoms. The number of fused-ring (bicyclic) bond motifs is 3. The van der Waals surface area contributed by atoms with Crippen LogP contribution >= 0.6 is 0 Å². The largest absolute Gasteiger partial charge is 0.489 e. The van der Waals surface area contributed by atoms with Gasteiger partial charge >= 0.3 is 6.09 Å². The van der Waals surface area contributed by atoms with E-state index in [1.165, 1.54) is 6.07 Å². The molecule has 4 aliphatic rings. The van der Waals surface area contributed by atoms with Crippen LogP contribution in [0.2, 0.25) is 0 Å². The van der Waals surface area contributed by atoms with Gasteiger partial charge in [0.25, 0.3) is 0 Å². The molecule has 1 saturated carbocycles. The summed E-state index contributed by atoms with van der Waals surface area (Å²) in [5.41, 5.74) is 3.86. The third-order valence-corrected chi connectivity index (χ3v) is 13.5. The SMILES string of the molecule is C=CCOC12Oc3ccc(OCc4ccccc4F)cc3C3C(CCCCO)C(CCCCO)C=C(C(=NOC4CCCCO4)CC1N(Cc1cccc4ccccc14)C(=O)OCC)C32. The fourth-order valence-electron chi connectivity index (χ4n) is 10.6. The van der Waals surface area contributed by atoms with Crippen molar-refractivity contribution < 1.29 is 47.9 Å². The Bertz CT molecular complexity index is 2310. The molecule has 4 aromatic carbocycles. The fourth-order valence-corrected chi connectivity index (χ4v) is 10.6. The number of ether oxygens (including phenoxy) is 5. The van der Waals surface area contributed by atoms with Crippen LogP contribution in [0.5, 0.6) is 11.5 Å². The summed E-state index contributed by atoms with van der Waals surface area (Å²) in [6.45, 7) is 7.09. The van der Waals surface area contributed by atoms with E-state index < -0.39 is 30.1 Å². The van der Waals surface area contributed by atoms with Crippen molar-refractivity contribution in [3.8, 4) is 11.5 Å². The Morgan fingerprint density at radius 1 is 0.969 bits per heavy atom. The van der Waals surface area contributed by atoms with Gasteiger partial charge in [-0.3, -0.25) is 4.90 Å². The summed E-state index contributed by atoms with van der Waals surface area (Å²) in [6, 6.07) is 25.8. The number of aliphatic hydroxyl groups is 2. The third kappa shape index (κ3) is 10.1. The number of oxime groups is 1. The van der Waals surface area contributed by atoms with E-state index in [0.717, 1.165) is 66.0 Å². The molecular formula is C53H63FN2O9. The number of carbonyl (C=O) groups excluding carboxylic acids is 1. The van der Waals surface area contributed by atoms with Gasteiger partial charge in [-0.25, -0.2) is 9.18 Å². The second-order valence-electron chi connectivity index (χ2n) is 17.5. The lowest BCUT2D eigenvalue weighted by molar-refractivity contribution is -0.256. The molecule has 0 aromatic heterocycles. The van der Waals surface area contributed by atoms with E-state index in [-0.39, 0.29) is 69.6 Å². The quantitative estimate of drug-likeness (QED) is 0.0506. The Labute approximate surface area is 381 Å². The lowest BCUT2D eigenvalue weighted by Crippen LogP contribution is -2.70.